The minimum absolute atomic E-state index is 0.793. The average molecular weight is 214 g/mol. The fraction of sp³-hybridized carbons (Fsp3) is 0.455. The molecule has 0 saturated carbocycles. The van der Waals surface area contributed by atoms with Crippen LogP contribution < -0.4 is 10.1 Å². The molecule has 0 atom stereocenters. The van der Waals surface area contributed by atoms with E-state index in [9.17, 15) is 0 Å². The molecule has 3 heteroatoms. The van der Waals surface area contributed by atoms with Gasteiger partial charge < -0.3 is 10.1 Å². The van der Waals surface area contributed by atoms with Crippen molar-refractivity contribution in [2.45, 2.75) is 20.4 Å². The second kappa shape index (κ2) is 4.67. The van der Waals surface area contributed by atoms with E-state index in [2.05, 4.69) is 11.4 Å². The lowest BCUT2D eigenvalue weighted by Gasteiger charge is -2.14. The molecule has 0 spiro atoms. The first kappa shape index (κ1) is 11.3. The molecule has 0 aliphatic rings. The highest BCUT2D eigenvalue weighted by atomic mass is 35.5. The molecule has 0 unspecified atom stereocenters. The molecule has 0 amide bonds. The topological polar surface area (TPSA) is 21.3 Å². The van der Waals surface area contributed by atoms with Gasteiger partial charge in [-0.1, -0.05) is 11.6 Å². The van der Waals surface area contributed by atoms with E-state index in [1.165, 1.54) is 0 Å². The third-order valence-corrected chi connectivity index (χ3v) is 2.85. The number of benzene rings is 1. The van der Waals surface area contributed by atoms with Gasteiger partial charge in [-0.25, -0.2) is 0 Å². The van der Waals surface area contributed by atoms with Crippen LogP contribution in [-0.2, 0) is 6.54 Å². The standard InChI is InChI=1S/C11H16ClNO/c1-7-5-9(6-13-3)11(14-4)8(2)10(7)12/h5,13H,6H2,1-4H3. The summed E-state index contributed by atoms with van der Waals surface area (Å²) in [6.45, 7) is 4.78. The zero-order valence-electron chi connectivity index (χ0n) is 9.07. The fourth-order valence-corrected chi connectivity index (χ4v) is 1.77. The van der Waals surface area contributed by atoms with Crippen LogP contribution in [0.1, 0.15) is 16.7 Å². The highest BCUT2D eigenvalue weighted by Crippen LogP contribution is 2.32. The minimum atomic E-state index is 0.793. The molecule has 0 aliphatic carbocycles. The van der Waals surface area contributed by atoms with Crippen molar-refractivity contribution in [3.05, 3.63) is 27.8 Å². The van der Waals surface area contributed by atoms with Crippen molar-refractivity contribution in [3.63, 3.8) is 0 Å². The van der Waals surface area contributed by atoms with E-state index in [1.807, 2.05) is 20.9 Å². The molecule has 1 aromatic rings. The van der Waals surface area contributed by atoms with Crippen LogP contribution in [-0.4, -0.2) is 14.2 Å². The van der Waals surface area contributed by atoms with Crippen molar-refractivity contribution in [2.24, 2.45) is 0 Å². The second-order valence-corrected chi connectivity index (χ2v) is 3.73. The number of hydrogen-bond donors (Lipinski definition) is 1. The maximum Gasteiger partial charge on any atom is 0.127 e. The zero-order chi connectivity index (χ0) is 10.7. The van der Waals surface area contributed by atoms with Gasteiger partial charge in [0.15, 0.2) is 0 Å². The summed E-state index contributed by atoms with van der Waals surface area (Å²) < 4.78 is 5.34. The van der Waals surface area contributed by atoms with Gasteiger partial charge in [-0.2, -0.15) is 0 Å². The van der Waals surface area contributed by atoms with Crippen molar-refractivity contribution >= 4 is 11.6 Å². The summed E-state index contributed by atoms with van der Waals surface area (Å²) in [4.78, 5) is 0. The molecular weight excluding hydrogens is 198 g/mol. The number of nitrogens with one attached hydrogen (secondary N) is 1. The summed E-state index contributed by atoms with van der Waals surface area (Å²) in [5.41, 5.74) is 3.25. The van der Waals surface area contributed by atoms with Gasteiger partial charge in [-0.15, -0.1) is 0 Å². The van der Waals surface area contributed by atoms with Crippen LogP contribution in [0.15, 0.2) is 6.07 Å². The second-order valence-electron chi connectivity index (χ2n) is 3.36. The SMILES string of the molecule is CNCc1cc(C)c(Cl)c(C)c1OC. The lowest BCUT2D eigenvalue weighted by atomic mass is 10.1. The molecule has 78 valence electrons. The lowest BCUT2D eigenvalue weighted by Crippen LogP contribution is -2.08. The van der Waals surface area contributed by atoms with Crippen LogP contribution in [0.25, 0.3) is 0 Å². The smallest absolute Gasteiger partial charge is 0.127 e. The number of methoxy groups -OCH3 is 1. The molecule has 0 aromatic heterocycles. The predicted molar refractivity (Wildman–Crippen MR) is 60.2 cm³/mol. The maximum absolute atomic E-state index is 6.13. The first-order valence-corrected chi connectivity index (χ1v) is 4.96. The number of hydrogen-bond acceptors (Lipinski definition) is 2. The summed E-state index contributed by atoms with van der Waals surface area (Å²) in [5.74, 6) is 0.884. The Morgan fingerprint density at radius 3 is 2.57 bits per heavy atom. The molecule has 2 nitrogen and oxygen atoms in total. The Hall–Kier alpha value is -0.730. The quantitative estimate of drug-likeness (QED) is 0.834. The van der Waals surface area contributed by atoms with Gasteiger partial charge in [-0.3, -0.25) is 0 Å². The first-order valence-electron chi connectivity index (χ1n) is 4.59. The summed E-state index contributed by atoms with van der Waals surface area (Å²) in [5, 5.41) is 3.90. The van der Waals surface area contributed by atoms with Gasteiger partial charge >= 0.3 is 0 Å². The van der Waals surface area contributed by atoms with Crippen LogP contribution in [0.4, 0.5) is 0 Å². The maximum atomic E-state index is 6.13. The van der Waals surface area contributed by atoms with Crippen molar-refractivity contribution in [1.82, 2.24) is 5.32 Å². The third kappa shape index (κ3) is 2.02. The average Bonchev–Trinajstić information content (AvgIpc) is 2.16. The van der Waals surface area contributed by atoms with Gasteiger partial charge in [0, 0.05) is 17.7 Å². The number of halogens is 1. The third-order valence-electron chi connectivity index (χ3n) is 2.27. The first-order chi connectivity index (χ1) is 6.61. The summed E-state index contributed by atoms with van der Waals surface area (Å²) >= 11 is 6.13. The molecule has 0 fully saturated rings. The Bertz CT molecular complexity index is 337. The van der Waals surface area contributed by atoms with E-state index in [0.29, 0.717) is 0 Å². The van der Waals surface area contributed by atoms with Crippen molar-refractivity contribution in [2.75, 3.05) is 14.2 Å². The number of rotatable bonds is 3. The van der Waals surface area contributed by atoms with Gasteiger partial charge in [0.05, 0.1) is 12.1 Å². The number of aryl methyl sites for hydroxylation is 1. The Morgan fingerprint density at radius 2 is 2.07 bits per heavy atom. The van der Waals surface area contributed by atoms with Gasteiger partial charge in [0.2, 0.25) is 0 Å². The van der Waals surface area contributed by atoms with Gasteiger partial charge in [0.25, 0.3) is 0 Å². The van der Waals surface area contributed by atoms with E-state index in [4.69, 9.17) is 16.3 Å². The molecule has 14 heavy (non-hydrogen) atoms. The Morgan fingerprint density at radius 1 is 1.43 bits per heavy atom. The monoisotopic (exact) mass is 213 g/mol. The Balaban J connectivity index is 3.28. The highest BCUT2D eigenvalue weighted by Gasteiger charge is 2.11. The number of ether oxygens (including phenoxy) is 1. The van der Waals surface area contributed by atoms with Crippen LogP contribution in [0, 0.1) is 13.8 Å². The molecule has 1 rings (SSSR count). The molecular formula is C11H16ClNO. The molecule has 0 aliphatic heterocycles. The largest absolute Gasteiger partial charge is 0.496 e. The normalized spacial score (nSPS) is 10.4. The van der Waals surface area contributed by atoms with Crippen molar-refractivity contribution in [3.8, 4) is 5.75 Å². The Kier molecular flexibility index (Phi) is 3.78. The lowest BCUT2D eigenvalue weighted by molar-refractivity contribution is 0.405. The summed E-state index contributed by atoms with van der Waals surface area (Å²) in [6.07, 6.45) is 0. The van der Waals surface area contributed by atoms with Crippen molar-refractivity contribution < 1.29 is 4.74 Å². The van der Waals surface area contributed by atoms with Crippen molar-refractivity contribution in [1.29, 1.82) is 0 Å². The van der Waals surface area contributed by atoms with E-state index < -0.39 is 0 Å². The summed E-state index contributed by atoms with van der Waals surface area (Å²) in [6, 6.07) is 2.06. The summed E-state index contributed by atoms with van der Waals surface area (Å²) in [7, 11) is 3.59. The van der Waals surface area contributed by atoms with Crippen LogP contribution in [0.2, 0.25) is 5.02 Å². The highest BCUT2D eigenvalue weighted by molar-refractivity contribution is 6.32. The molecule has 0 heterocycles. The molecule has 0 radical (unpaired) electrons. The molecule has 0 bridgehead atoms. The van der Waals surface area contributed by atoms with E-state index in [1.54, 1.807) is 7.11 Å². The fourth-order valence-electron chi connectivity index (χ4n) is 1.63. The van der Waals surface area contributed by atoms with Crippen LogP contribution >= 0.6 is 11.6 Å². The minimum Gasteiger partial charge on any atom is -0.496 e. The molecule has 0 saturated heterocycles. The Labute approximate surface area is 90.2 Å². The van der Waals surface area contributed by atoms with E-state index in [-0.39, 0.29) is 0 Å². The molecule has 1 N–H and O–H groups in total. The zero-order valence-corrected chi connectivity index (χ0v) is 9.83. The molecule has 1 aromatic carbocycles. The van der Waals surface area contributed by atoms with E-state index >= 15 is 0 Å². The van der Waals surface area contributed by atoms with Gasteiger partial charge in [-0.05, 0) is 32.5 Å². The predicted octanol–water partition coefficient (Wildman–Crippen LogP) is 2.68. The van der Waals surface area contributed by atoms with Gasteiger partial charge in [0.1, 0.15) is 5.75 Å². The van der Waals surface area contributed by atoms with Crippen LogP contribution in [0.5, 0.6) is 5.75 Å². The van der Waals surface area contributed by atoms with Crippen LogP contribution in [0.3, 0.4) is 0 Å². The van der Waals surface area contributed by atoms with E-state index in [0.717, 1.165) is 34.0 Å².